The molecule has 0 saturated carbocycles. The van der Waals surface area contributed by atoms with Gasteiger partial charge in [-0.15, -0.1) is 4.67 Å². The maximum atomic E-state index is 3.24. The van der Waals surface area contributed by atoms with E-state index in [2.05, 4.69) is 14.9 Å². The zero-order valence-electron chi connectivity index (χ0n) is 4.02. The Balaban J connectivity index is 3.03. The van der Waals surface area contributed by atoms with Crippen LogP contribution in [-0.2, 0) is 0 Å². The molecular weight excluding hydrogens is 109 g/mol. The summed E-state index contributed by atoms with van der Waals surface area (Å²) in [5.74, 6) is 0. The van der Waals surface area contributed by atoms with E-state index in [1.807, 2.05) is 19.5 Å². The summed E-state index contributed by atoms with van der Waals surface area (Å²) in [5, 5.41) is 0. The van der Waals surface area contributed by atoms with Crippen LogP contribution in [0.4, 0.5) is 0 Å². The van der Waals surface area contributed by atoms with E-state index in [4.69, 9.17) is 0 Å². The van der Waals surface area contributed by atoms with Gasteiger partial charge in [0.15, 0.2) is 8.35 Å². The van der Waals surface area contributed by atoms with E-state index in [0.717, 1.165) is 8.35 Å². The second-order valence-corrected chi connectivity index (χ2v) is 3.48. The first-order chi connectivity index (χ1) is 2.77. The molecule has 0 aromatic rings. The van der Waals surface area contributed by atoms with Crippen molar-refractivity contribution in [2.24, 2.45) is 0 Å². The van der Waals surface area contributed by atoms with Crippen molar-refractivity contribution in [2.45, 2.75) is 0 Å². The molecule has 0 fully saturated rings. The number of nitrogens with zero attached hydrogens (tertiary/aromatic N) is 1. The molecule has 0 saturated heterocycles. The van der Waals surface area contributed by atoms with Gasteiger partial charge < -0.3 is 0 Å². The van der Waals surface area contributed by atoms with Crippen molar-refractivity contribution in [2.75, 3.05) is 14.1 Å². The second kappa shape index (κ2) is 3.53. The van der Waals surface area contributed by atoms with E-state index < -0.39 is 0 Å². The highest BCUT2D eigenvalue weighted by molar-refractivity contribution is 7.40. The van der Waals surface area contributed by atoms with Crippen molar-refractivity contribution >= 4 is 24.0 Å². The highest BCUT2D eigenvalue weighted by atomic mass is 31.1. The Kier molecular flexibility index (Phi) is 3.74. The average molecular weight is 117 g/mol. The second-order valence-electron chi connectivity index (χ2n) is 1.17. The van der Waals surface area contributed by atoms with Gasteiger partial charge in [-0.2, -0.15) is 0 Å². The van der Waals surface area contributed by atoms with E-state index >= 15 is 0 Å². The molecule has 1 nitrogen and oxygen atoms in total. The fraction of sp³-hybridized carbons (Fsp3) is 0.667. The van der Waals surface area contributed by atoms with E-state index in [-0.39, 0.29) is 0 Å². The number of rotatable bonds is 1. The number of hydrogen-bond acceptors (Lipinski definition) is 1. The van der Waals surface area contributed by atoms with Gasteiger partial charge in [0, 0.05) is 14.1 Å². The van der Waals surface area contributed by atoms with E-state index in [9.17, 15) is 0 Å². The van der Waals surface area contributed by atoms with Crippen LogP contribution in [0.2, 0.25) is 0 Å². The topological polar surface area (TPSA) is 3.24 Å². The molecule has 0 rings (SSSR count). The minimum absolute atomic E-state index is 0.793. The van der Waals surface area contributed by atoms with Gasteiger partial charge in [0.25, 0.3) is 0 Å². The molecule has 0 aromatic carbocycles. The summed E-state index contributed by atoms with van der Waals surface area (Å²) in [6.07, 6.45) is 0. The molecule has 6 heavy (non-hydrogen) atoms. The van der Waals surface area contributed by atoms with Crippen LogP contribution in [-0.4, -0.2) is 34.4 Å². The predicted octanol–water partition coefficient (Wildman–Crippen LogP) is 0.0697. The third-order valence-corrected chi connectivity index (χ3v) is 1.36. The Labute approximate surface area is 43.6 Å². The maximum absolute atomic E-state index is 3.24. The van der Waals surface area contributed by atoms with E-state index in [1.54, 1.807) is 0 Å². The summed E-state index contributed by atoms with van der Waals surface area (Å²) in [6, 6.07) is 0. The summed E-state index contributed by atoms with van der Waals surface area (Å²) in [5.41, 5.74) is 1.96. The lowest BCUT2D eigenvalue weighted by Crippen LogP contribution is -1.92. The minimum Gasteiger partial charge on any atom is -0.141 e. The maximum Gasteiger partial charge on any atom is 0.158 e. The van der Waals surface area contributed by atoms with Gasteiger partial charge in [0.05, 0.1) is 5.42 Å². The number of hydrogen-bond donors (Lipinski definition) is 0. The lowest BCUT2D eigenvalue weighted by Gasteiger charge is -1.83. The SMILES string of the molecule is CN(C)/[PH+]=C/[Si]. The van der Waals surface area contributed by atoms with Gasteiger partial charge >= 0.3 is 0 Å². The largest absolute Gasteiger partial charge is 0.158 e. The molecule has 0 aliphatic carbocycles. The van der Waals surface area contributed by atoms with Crippen molar-refractivity contribution in [1.82, 2.24) is 4.67 Å². The van der Waals surface area contributed by atoms with Gasteiger partial charge in [-0.25, -0.2) is 0 Å². The van der Waals surface area contributed by atoms with Crippen LogP contribution >= 0.6 is 8.35 Å². The standard InChI is InChI=1S/C3H7NPSi/c1-4(2)5-3-6/h3H,1-2H3/p+1. The Bertz CT molecular complexity index is 52.8. The monoisotopic (exact) mass is 117 g/mol. The Morgan fingerprint density at radius 3 is 2.17 bits per heavy atom. The molecular formula is C3H8NPSi+. The van der Waals surface area contributed by atoms with Crippen molar-refractivity contribution in [3.05, 3.63) is 0 Å². The van der Waals surface area contributed by atoms with Crippen LogP contribution in [0.5, 0.6) is 0 Å². The van der Waals surface area contributed by atoms with Gasteiger partial charge in [-0.3, -0.25) is 0 Å². The first-order valence-electron chi connectivity index (χ1n) is 1.70. The summed E-state index contributed by atoms with van der Waals surface area (Å²) in [6.45, 7) is 0. The van der Waals surface area contributed by atoms with Gasteiger partial charge in [0.1, 0.15) is 10.2 Å². The van der Waals surface area contributed by atoms with Crippen LogP contribution in [0, 0.1) is 0 Å². The molecule has 1 atom stereocenters. The summed E-state index contributed by atoms with van der Waals surface area (Å²) in [7, 11) is 8.10. The van der Waals surface area contributed by atoms with Crippen molar-refractivity contribution in [3.8, 4) is 0 Å². The Morgan fingerprint density at radius 1 is 1.67 bits per heavy atom. The average Bonchev–Trinajstić information content (AvgIpc) is 1.35. The predicted molar refractivity (Wildman–Crippen MR) is 33.8 cm³/mol. The molecule has 0 N–H and O–H groups in total. The lowest BCUT2D eigenvalue weighted by molar-refractivity contribution is 0.701. The summed E-state index contributed by atoms with van der Waals surface area (Å²) >= 11 is 0. The smallest absolute Gasteiger partial charge is 0.141 e. The van der Waals surface area contributed by atoms with Crippen LogP contribution in [0.25, 0.3) is 0 Å². The molecule has 0 amide bonds. The highest BCUT2D eigenvalue weighted by Crippen LogP contribution is 1.92. The molecule has 0 aliphatic rings. The van der Waals surface area contributed by atoms with Gasteiger partial charge in [-0.05, 0) is 0 Å². The normalized spacial score (nSPS) is 11.3. The van der Waals surface area contributed by atoms with Crippen molar-refractivity contribution < 1.29 is 0 Å². The molecule has 0 spiro atoms. The zero-order chi connectivity index (χ0) is 4.99. The molecule has 3 heteroatoms. The van der Waals surface area contributed by atoms with Crippen LogP contribution in [0.3, 0.4) is 0 Å². The molecule has 0 heterocycles. The quantitative estimate of drug-likeness (QED) is 0.347. The van der Waals surface area contributed by atoms with Gasteiger partial charge in [0.2, 0.25) is 0 Å². The van der Waals surface area contributed by atoms with Crippen LogP contribution in [0.15, 0.2) is 0 Å². The first kappa shape index (κ1) is 6.35. The zero-order valence-corrected chi connectivity index (χ0v) is 6.02. The summed E-state index contributed by atoms with van der Waals surface area (Å²) < 4.78 is 2.10. The lowest BCUT2D eigenvalue weighted by atomic mass is 11.3. The molecule has 3 radical (unpaired) electrons. The van der Waals surface area contributed by atoms with Crippen molar-refractivity contribution in [1.29, 1.82) is 0 Å². The van der Waals surface area contributed by atoms with Gasteiger partial charge in [-0.1, -0.05) is 0 Å². The highest BCUT2D eigenvalue weighted by Gasteiger charge is 1.81. The summed E-state index contributed by atoms with van der Waals surface area (Å²) in [4.78, 5) is 0. The fourth-order valence-corrected chi connectivity index (χ4v) is 1.16. The molecule has 0 bridgehead atoms. The Morgan fingerprint density at radius 2 is 2.17 bits per heavy atom. The first-order valence-corrected chi connectivity index (χ1v) is 3.30. The molecule has 0 aliphatic heterocycles. The minimum atomic E-state index is 0.793. The van der Waals surface area contributed by atoms with Crippen molar-refractivity contribution in [3.63, 3.8) is 0 Å². The molecule has 1 unspecified atom stereocenters. The molecule has 33 valence electrons. The fourth-order valence-electron chi connectivity index (χ4n) is 0.129. The van der Waals surface area contributed by atoms with Crippen LogP contribution < -0.4 is 0 Å². The van der Waals surface area contributed by atoms with E-state index in [0.29, 0.717) is 0 Å². The van der Waals surface area contributed by atoms with E-state index in [1.165, 1.54) is 0 Å². The Hall–Kier alpha value is 0.347. The third-order valence-electron chi connectivity index (χ3n) is 0.323. The third kappa shape index (κ3) is 4.35. The van der Waals surface area contributed by atoms with Crippen LogP contribution in [0.1, 0.15) is 0 Å². The molecule has 0 aromatic heterocycles.